The molecule has 0 aliphatic carbocycles. The second kappa shape index (κ2) is 5.74. The van der Waals surface area contributed by atoms with Gasteiger partial charge in [-0.05, 0) is 77.5 Å². The van der Waals surface area contributed by atoms with Crippen LogP contribution >= 0.6 is 15.9 Å². The maximum Gasteiger partial charge on any atom is 0.126 e. The van der Waals surface area contributed by atoms with Crippen molar-refractivity contribution in [1.82, 2.24) is 4.98 Å². The predicted molar refractivity (Wildman–Crippen MR) is 84.7 cm³/mol. The third-order valence-electron chi connectivity index (χ3n) is 3.68. The van der Waals surface area contributed by atoms with Gasteiger partial charge < -0.3 is 5.32 Å². The molecular formula is C16H19BrN2. The van der Waals surface area contributed by atoms with Gasteiger partial charge in [0.1, 0.15) is 5.82 Å². The Morgan fingerprint density at radius 3 is 2.47 bits per heavy atom. The monoisotopic (exact) mass is 318 g/mol. The number of aryl methyl sites for hydroxylation is 2. The highest BCUT2D eigenvalue weighted by Gasteiger charge is 2.04. The molecule has 0 amide bonds. The molecule has 3 heteroatoms. The van der Waals surface area contributed by atoms with E-state index in [1.165, 1.54) is 27.8 Å². The number of nitrogens with zero attached hydrogens (tertiary/aromatic N) is 1. The molecule has 0 saturated carbocycles. The van der Waals surface area contributed by atoms with E-state index in [1.807, 2.05) is 6.20 Å². The van der Waals surface area contributed by atoms with Gasteiger partial charge >= 0.3 is 0 Å². The van der Waals surface area contributed by atoms with Gasteiger partial charge in [-0.1, -0.05) is 12.1 Å². The van der Waals surface area contributed by atoms with Gasteiger partial charge in [0.2, 0.25) is 0 Å². The zero-order valence-electron chi connectivity index (χ0n) is 11.8. The fraction of sp³-hybridized carbons (Fsp3) is 0.312. The first kappa shape index (κ1) is 14.1. The summed E-state index contributed by atoms with van der Waals surface area (Å²) in [6, 6.07) is 6.43. The molecule has 1 aromatic carbocycles. The molecule has 0 atom stereocenters. The first-order valence-electron chi connectivity index (χ1n) is 6.40. The van der Waals surface area contributed by atoms with Crippen molar-refractivity contribution in [3.05, 3.63) is 56.7 Å². The molecule has 1 N–H and O–H groups in total. The third-order valence-corrected chi connectivity index (χ3v) is 4.51. The lowest BCUT2D eigenvalue weighted by Gasteiger charge is -2.13. The second-order valence-electron chi connectivity index (χ2n) is 4.96. The first-order chi connectivity index (χ1) is 8.99. The van der Waals surface area contributed by atoms with Crippen LogP contribution in [0.1, 0.15) is 27.8 Å². The molecule has 0 saturated heterocycles. The van der Waals surface area contributed by atoms with Crippen LogP contribution in [0.15, 0.2) is 28.9 Å². The van der Waals surface area contributed by atoms with Crippen molar-refractivity contribution in [2.75, 3.05) is 5.32 Å². The summed E-state index contributed by atoms with van der Waals surface area (Å²) in [5.74, 6) is 0.915. The number of nitrogens with one attached hydrogen (secondary N) is 1. The van der Waals surface area contributed by atoms with Crippen LogP contribution in [-0.2, 0) is 6.54 Å². The zero-order valence-corrected chi connectivity index (χ0v) is 13.4. The molecule has 1 heterocycles. The van der Waals surface area contributed by atoms with E-state index in [-0.39, 0.29) is 0 Å². The average molecular weight is 319 g/mol. The molecule has 100 valence electrons. The van der Waals surface area contributed by atoms with E-state index >= 15 is 0 Å². The van der Waals surface area contributed by atoms with Gasteiger partial charge in [-0.3, -0.25) is 0 Å². The van der Waals surface area contributed by atoms with Crippen molar-refractivity contribution in [1.29, 1.82) is 0 Å². The number of pyridine rings is 1. The molecule has 2 aromatic rings. The number of anilines is 1. The quantitative estimate of drug-likeness (QED) is 0.888. The Labute approximate surface area is 123 Å². The van der Waals surface area contributed by atoms with E-state index in [0.717, 1.165) is 16.8 Å². The zero-order chi connectivity index (χ0) is 14.0. The van der Waals surface area contributed by atoms with Gasteiger partial charge in [-0.2, -0.15) is 0 Å². The number of hydrogen-bond acceptors (Lipinski definition) is 2. The second-order valence-corrected chi connectivity index (χ2v) is 5.82. The number of aromatic nitrogens is 1. The highest BCUT2D eigenvalue weighted by molar-refractivity contribution is 9.10. The smallest absolute Gasteiger partial charge is 0.126 e. The van der Waals surface area contributed by atoms with Crippen LogP contribution in [0, 0.1) is 27.7 Å². The minimum absolute atomic E-state index is 0.807. The lowest BCUT2D eigenvalue weighted by atomic mass is 9.99. The van der Waals surface area contributed by atoms with Gasteiger partial charge in [0.25, 0.3) is 0 Å². The molecule has 0 fully saturated rings. The summed E-state index contributed by atoms with van der Waals surface area (Å²) in [4.78, 5) is 4.37. The molecule has 0 bridgehead atoms. The molecule has 0 aliphatic rings. The molecule has 0 aliphatic heterocycles. The van der Waals surface area contributed by atoms with Crippen molar-refractivity contribution in [2.45, 2.75) is 34.2 Å². The third kappa shape index (κ3) is 3.16. The molecular weight excluding hydrogens is 300 g/mol. The summed E-state index contributed by atoms with van der Waals surface area (Å²) in [5, 5.41) is 3.38. The summed E-state index contributed by atoms with van der Waals surface area (Å²) in [6.07, 6.45) is 1.84. The minimum atomic E-state index is 0.807. The molecule has 2 nitrogen and oxygen atoms in total. The Kier molecular flexibility index (Phi) is 4.25. The Balaban J connectivity index is 2.14. The maximum atomic E-state index is 4.37. The van der Waals surface area contributed by atoms with Gasteiger partial charge in [-0.25, -0.2) is 4.98 Å². The van der Waals surface area contributed by atoms with E-state index in [2.05, 4.69) is 72.1 Å². The van der Waals surface area contributed by atoms with Crippen molar-refractivity contribution in [2.24, 2.45) is 0 Å². The number of benzene rings is 1. The Morgan fingerprint density at radius 2 is 1.79 bits per heavy atom. The van der Waals surface area contributed by atoms with Crippen molar-refractivity contribution >= 4 is 21.7 Å². The Morgan fingerprint density at radius 1 is 1.05 bits per heavy atom. The fourth-order valence-electron chi connectivity index (χ4n) is 2.03. The van der Waals surface area contributed by atoms with E-state index in [9.17, 15) is 0 Å². The molecule has 2 rings (SSSR count). The predicted octanol–water partition coefficient (Wildman–Crippen LogP) is 4.69. The largest absolute Gasteiger partial charge is 0.366 e. The van der Waals surface area contributed by atoms with E-state index in [1.54, 1.807) is 0 Å². The number of hydrogen-bond donors (Lipinski definition) is 1. The molecule has 19 heavy (non-hydrogen) atoms. The lowest BCUT2D eigenvalue weighted by Crippen LogP contribution is -2.04. The molecule has 0 unspecified atom stereocenters. The normalized spacial score (nSPS) is 10.6. The number of halogens is 1. The summed E-state index contributed by atoms with van der Waals surface area (Å²) in [7, 11) is 0. The molecule has 0 spiro atoms. The van der Waals surface area contributed by atoms with Crippen molar-refractivity contribution < 1.29 is 0 Å². The van der Waals surface area contributed by atoms with Crippen molar-refractivity contribution in [3.63, 3.8) is 0 Å². The van der Waals surface area contributed by atoms with Crippen LogP contribution in [-0.4, -0.2) is 4.98 Å². The standard InChI is InChI=1S/C16H19BrN2/c1-10-5-6-14(13(4)12(10)3)8-18-16-7-11(2)15(17)9-19-16/h5-7,9H,8H2,1-4H3,(H,18,19). The van der Waals surface area contributed by atoms with Crippen LogP contribution < -0.4 is 5.32 Å². The number of rotatable bonds is 3. The summed E-state index contributed by atoms with van der Waals surface area (Å²) < 4.78 is 1.04. The van der Waals surface area contributed by atoms with Crippen LogP contribution in [0.5, 0.6) is 0 Å². The Hall–Kier alpha value is -1.35. The van der Waals surface area contributed by atoms with Crippen LogP contribution in [0.25, 0.3) is 0 Å². The highest BCUT2D eigenvalue weighted by atomic mass is 79.9. The fourth-order valence-corrected chi connectivity index (χ4v) is 2.24. The van der Waals surface area contributed by atoms with Crippen molar-refractivity contribution in [3.8, 4) is 0 Å². The summed E-state index contributed by atoms with van der Waals surface area (Å²) in [6.45, 7) is 9.38. The van der Waals surface area contributed by atoms with Gasteiger partial charge in [0.15, 0.2) is 0 Å². The summed E-state index contributed by atoms with van der Waals surface area (Å²) >= 11 is 3.46. The average Bonchev–Trinajstić information content (AvgIpc) is 2.39. The molecule has 0 radical (unpaired) electrons. The molecule has 1 aromatic heterocycles. The Bertz CT molecular complexity index is 606. The van der Waals surface area contributed by atoms with Gasteiger partial charge in [0, 0.05) is 17.2 Å². The van der Waals surface area contributed by atoms with E-state index in [4.69, 9.17) is 0 Å². The maximum absolute atomic E-state index is 4.37. The highest BCUT2D eigenvalue weighted by Crippen LogP contribution is 2.20. The van der Waals surface area contributed by atoms with Gasteiger partial charge in [-0.15, -0.1) is 0 Å². The SMILES string of the molecule is Cc1cc(NCc2ccc(C)c(C)c2C)ncc1Br. The van der Waals surface area contributed by atoms with Crippen LogP contribution in [0.4, 0.5) is 5.82 Å². The van der Waals surface area contributed by atoms with Crippen LogP contribution in [0.2, 0.25) is 0 Å². The topological polar surface area (TPSA) is 24.9 Å². The first-order valence-corrected chi connectivity index (χ1v) is 7.20. The van der Waals surface area contributed by atoms with E-state index in [0.29, 0.717) is 0 Å². The van der Waals surface area contributed by atoms with E-state index < -0.39 is 0 Å². The minimum Gasteiger partial charge on any atom is -0.366 e. The summed E-state index contributed by atoms with van der Waals surface area (Å²) in [5.41, 5.74) is 6.60. The lowest BCUT2D eigenvalue weighted by molar-refractivity contribution is 1.07. The van der Waals surface area contributed by atoms with Crippen LogP contribution in [0.3, 0.4) is 0 Å². The van der Waals surface area contributed by atoms with Gasteiger partial charge in [0.05, 0.1) is 0 Å².